The fourth-order valence-corrected chi connectivity index (χ4v) is 4.56. The number of aromatic nitrogens is 1. The predicted octanol–water partition coefficient (Wildman–Crippen LogP) is 5.52. The van der Waals surface area contributed by atoms with E-state index in [1.165, 1.54) is 18.2 Å². The lowest BCUT2D eigenvalue weighted by Crippen LogP contribution is -2.02. The number of halogens is 3. The number of alkyl halides is 1. The highest BCUT2D eigenvalue weighted by Gasteiger charge is 2.22. The molecule has 1 N–H and O–H groups in total. The number of aliphatic imine (C=N–C) groups is 1. The van der Waals surface area contributed by atoms with Crippen LogP contribution in [0.1, 0.15) is 11.1 Å². The molecule has 4 rings (SSSR count). The average Bonchev–Trinajstić information content (AvgIpc) is 3.27. The van der Waals surface area contributed by atoms with Crippen LogP contribution >= 0.6 is 27.7 Å². The summed E-state index contributed by atoms with van der Waals surface area (Å²) in [6, 6.07) is 8.74. The van der Waals surface area contributed by atoms with Crippen LogP contribution in [0.3, 0.4) is 0 Å². The van der Waals surface area contributed by atoms with Crippen LogP contribution < -0.4 is 4.74 Å². The minimum atomic E-state index is -0.647. The normalized spacial score (nSPS) is 16.4. The summed E-state index contributed by atoms with van der Waals surface area (Å²) in [5, 5.41) is 10.7. The van der Waals surface area contributed by atoms with E-state index in [9.17, 15) is 8.78 Å². The van der Waals surface area contributed by atoms with Crippen molar-refractivity contribution in [1.82, 2.24) is 4.98 Å². The van der Waals surface area contributed by atoms with E-state index in [1.807, 2.05) is 6.07 Å². The summed E-state index contributed by atoms with van der Waals surface area (Å²) in [6.07, 6.45) is 2.15. The molecular formula is C19H12BrF2N3OS. The van der Waals surface area contributed by atoms with E-state index in [0.29, 0.717) is 17.5 Å². The Labute approximate surface area is 166 Å². The van der Waals surface area contributed by atoms with Crippen LogP contribution in [0.5, 0.6) is 11.5 Å². The van der Waals surface area contributed by atoms with Crippen LogP contribution in [0.2, 0.25) is 0 Å². The first-order valence-electron chi connectivity index (χ1n) is 8.04. The van der Waals surface area contributed by atoms with Gasteiger partial charge >= 0.3 is 0 Å². The van der Waals surface area contributed by atoms with Gasteiger partial charge in [0.25, 0.3) is 0 Å². The first kappa shape index (κ1) is 18.0. The van der Waals surface area contributed by atoms with Gasteiger partial charge in [-0.25, -0.2) is 8.78 Å². The number of rotatable bonds is 4. The largest absolute Gasteiger partial charge is 0.454 e. The molecule has 136 valence electrons. The van der Waals surface area contributed by atoms with E-state index in [-0.39, 0.29) is 22.0 Å². The third-order valence-corrected chi connectivity index (χ3v) is 6.17. The third-order valence-electron chi connectivity index (χ3n) is 4.14. The molecule has 0 saturated carbocycles. The molecule has 8 heteroatoms. The second-order valence-electron chi connectivity index (χ2n) is 5.91. The molecule has 1 aliphatic rings. The molecule has 4 nitrogen and oxygen atoms in total. The fraction of sp³-hybridized carbons (Fsp3) is 0.158. The van der Waals surface area contributed by atoms with Crippen molar-refractivity contribution in [1.29, 1.82) is 5.26 Å². The molecule has 0 amide bonds. The number of ether oxygens (including phenoxy) is 1. The Bertz CT molecular complexity index is 1110. The molecule has 1 unspecified atom stereocenters. The molecule has 0 radical (unpaired) electrons. The van der Waals surface area contributed by atoms with Gasteiger partial charge in [0.15, 0.2) is 11.6 Å². The maximum absolute atomic E-state index is 14.8. The minimum absolute atomic E-state index is 0.0485. The van der Waals surface area contributed by atoms with Crippen molar-refractivity contribution in [2.45, 2.75) is 11.4 Å². The highest BCUT2D eigenvalue weighted by molar-refractivity contribution is 9.09. The number of hydrogen-bond acceptors (Lipinski definition) is 4. The van der Waals surface area contributed by atoms with Crippen molar-refractivity contribution < 1.29 is 13.5 Å². The maximum atomic E-state index is 14.8. The van der Waals surface area contributed by atoms with Crippen molar-refractivity contribution in [3.05, 3.63) is 59.3 Å². The summed E-state index contributed by atoms with van der Waals surface area (Å²) in [6.45, 7) is 0. The van der Waals surface area contributed by atoms with Gasteiger partial charge in [0, 0.05) is 47.0 Å². The highest BCUT2D eigenvalue weighted by Crippen LogP contribution is 2.37. The molecule has 27 heavy (non-hydrogen) atoms. The molecule has 2 aromatic carbocycles. The Hall–Kier alpha value is -2.37. The van der Waals surface area contributed by atoms with Crippen molar-refractivity contribution >= 4 is 43.6 Å². The quantitative estimate of drug-likeness (QED) is 0.423. The summed E-state index contributed by atoms with van der Waals surface area (Å²) in [5.74, 6) is -0.115. The van der Waals surface area contributed by atoms with Crippen molar-refractivity contribution in [2.75, 3.05) is 5.75 Å². The zero-order valence-electron chi connectivity index (χ0n) is 13.8. The smallest absolute Gasteiger partial charge is 0.168 e. The van der Waals surface area contributed by atoms with Gasteiger partial charge in [0.05, 0.1) is 10.6 Å². The number of hydrogen-bond donors (Lipinski definition) is 1. The molecule has 2 heterocycles. The van der Waals surface area contributed by atoms with E-state index in [4.69, 9.17) is 10.00 Å². The van der Waals surface area contributed by atoms with Gasteiger partial charge in [-0.3, -0.25) is 4.99 Å². The number of fused-ring (bicyclic) bond motifs is 1. The lowest BCUT2D eigenvalue weighted by molar-refractivity contribution is 0.438. The summed E-state index contributed by atoms with van der Waals surface area (Å²) >= 11 is 5.07. The van der Waals surface area contributed by atoms with Crippen LogP contribution in [0.25, 0.3) is 10.9 Å². The zero-order chi connectivity index (χ0) is 19.0. The zero-order valence-corrected chi connectivity index (χ0v) is 16.2. The SMILES string of the molecule is N#Cc1cc(Oc2c(F)cc3[nH]ccc3c2CC2=NC(Br)CS2)ccc1F. The van der Waals surface area contributed by atoms with E-state index in [1.54, 1.807) is 24.0 Å². The third kappa shape index (κ3) is 3.57. The molecule has 0 bridgehead atoms. The van der Waals surface area contributed by atoms with Gasteiger partial charge in [-0.2, -0.15) is 5.26 Å². The Morgan fingerprint density at radius 1 is 1.30 bits per heavy atom. The topological polar surface area (TPSA) is 61.2 Å². The molecule has 1 aromatic heterocycles. The Kier molecular flexibility index (Phi) is 4.89. The second-order valence-corrected chi connectivity index (χ2v) is 8.06. The minimum Gasteiger partial charge on any atom is -0.454 e. The van der Waals surface area contributed by atoms with Crippen LogP contribution in [0.15, 0.2) is 41.5 Å². The molecule has 0 spiro atoms. The Morgan fingerprint density at radius 3 is 2.89 bits per heavy atom. The lowest BCUT2D eigenvalue weighted by Gasteiger charge is -2.14. The fourth-order valence-electron chi connectivity index (χ4n) is 2.92. The Balaban J connectivity index is 1.79. The van der Waals surface area contributed by atoms with Gasteiger partial charge < -0.3 is 9.72 Å². The number of benzene rings is 2. The highest BCUT2D eigenvalue weighted by atomic mass is 79.9. The second kappa shape index (κ2) is 7.33. The van der Waals surface area contributed by atoms with Crippen molar-refractivity contribution in [2.24, 2.45) is 4.99 Å². The van der Waals surface area contributed by atoms with E-state index in [2.05, 4.69) is 25.9 Å². The van der Waals surface area contributed by atoms with E-state index >= 15 is 0 Å². The standard InChI is InChI=1S/C19H12BrF2N3OS/c20-17-9-27-18(25-17)6-13-12-3-4-24-16(12)7-15(22)19(13)26-11-1-2-14(21)10(5-11)8-23/h1-5,7,17,24H,6,9H2. The Morgan fingerprint density at radius 2 is 2.15 bits per heavy atom. The number of nitrogens with one attached hydrogen (secondary N) is 1. The number of nitriles is 1. The van der Waals surface area contributed by atoms with E-state index < -0.39 is 11.6 Å². The van der Waals surface area contributed by atoms with Crippen molar-refractivity contribution in [3.63, 3.8) is 0 Å². The van der Waals surface area contributed by atoms with Crippen LogP contribution in [-0.4, -0.2) is 20.7 Å². The molecule has 0 aliphatic carbocycles. The monoisotopic (exact) mass is 447 g/mol. The summed E-state index contributed by atoms with van der Waals surface area (Å²) in [7, 11) is 0. The average molecular weight is 448 g/mol. The summed E-state index contributed by atoms with van der Waals surface area (Å²) in [4.78, 5) is 7.56. The number of H-pyrrole nitrogens is 1. The number of thioether (sulfide) groups is 1. The molecule has 0 fully saturated rings. The predicted molar refractivity (Wildman–Crippen MR) is 106 cm³/mol. The molecule has 0 saturated heterocycles. The summed E-state index contributed by atoms with van der Waals surface area (Å²) < 4.78 is 34.1. The molecular weight excluding hydrogens is 436 g/mol. The molecule has 1 aliphatic heterocycles. The molecule has 3 aromatic rings. The van der Waals surface area contributed by atoms with Gasteiger partial charge in [-0.1, -0.05) is 15.9 Å². The van der Waals surface area contributed by atoms with Crippen LogP contribution in [-0.2, 0) is 6.42 Å². The first-order valence-corrected chi connectivity index (χ1v) is 9.95. The first-order chi connectivity index (χ1) is 13.0. The summed E-state index contributed by atoms with van der Waals surface area (Å²) in [5.41, 5.74) is 1.16. The van der Waals surface area contributed by atoms with Crippen molar-refractivity contribution in [3.8, 4) is 17.6 Å². The molecule has 1 atom stereocenters. The van der Waals surface area contributed by atoms with Crippen LogP contribution in [0.4, 0.5) is 8.78 Å². The van der Waals surface area contributed by atoms with Gasteiger partial charge in [0.1, 0.15) is 22.6 Å². The van der Waals surface area contributed by atoms with Gasteiger partial charge in [-0.15, -0.1) is 11.8 Å². The lowest BCUT2D eigenvalue weighted by atomic mass is 10.1. The van der Waals surface area contributed by atoms with Gasteiger partial charge in [-0.05, 0) is 18.2 Å². The van der Waals surface area contributed by atoms with Gasteiger partial charge in [0.2, 0.25) is 0 Å². The number of nitrogens with zero attached hydrogens (tertiary/aromatic N) is 2. The van der Waals surface area contributed by atoms with Crippen LogP contribution in [0, 0.1) is 23.0 Å². The number of aromatic amines is 1. The maximum Gasteiger partial charge on any atom is 0.168 e. The van der Waals surface area contributed by atoms with E-state index in [0.717, 1.165) is 22.2 Å².